The standard InChI is InChI=1S/C84H168Cl12O12Si5/c85-53-25-1-13-37-65-97-110(98-66-38-14-2-26-54-86,99-67-39-15-3-27-55-87)81-49-77-109(78-50-82-111(100-68-40-16-4-28-56-88,101-69-41-17-5-29-57-89)102-70-42-18-6-30-58-90,79-51-83-112(103-71-43-19-7-31-59-91,104-72-44-20-8-32-60-92)105-73-45-21-9-33-61-93)80-52-84-113(106-74-46-22-10-34-62-94,107-75-47-23-11-35-63-95)108-76-48-24-12-36-64-96/h1-84H2. The predicted molar refractivity (Wildman–Crippen MR) is 507 cm³/mol. The summed E-state index contributed by atoms with van der Waals surface area (Å²) in [6, 6.07) is 7.07. The molecule has 0 rings (SSSR count). The number of alkyl halides is 12. The van der Waals surface area contributed by atoms with Crippen molar-refractivity contribution >= 4 is 183 Å². The molecular weight excluding hydrogens is 1770 g/mol. The Balaban J connectivity index is 9.20. The van der Waals surface area contributed by atoms with Gasteiger partial charge in [-0.15, -0.1) is 139 Å². The number of hydrogen-bond donors (Lipinski definition) is 0. The average Bonchev–Trinajstić information content (AvgIpc) is 0.839. The van der Waals surface area contributed by atoms with Gasteiger partial charge in [-0.25, -0.2) is 0 Å². The third-order valence-electron chi connectivity index (χ3n) is 21.0. The zero-order valence-corrected chi connectivity index (χ0v) is 85.4. The minimum absolute atomic E-state index is 0.589. The fourth-order valence-corrected chi connectivity index (χ4v) is 33.7. The van der Waals surface area contributed by atoms with Crippen molar-refractivity contribution in [1.82, 2.24) is 0 Å². The summed E-state index contributed by atoms with van der Waals surface area (Å²) in [5.41, 5.74) is 0. The molecule has 0 aliphatic rings. The summed E-state index contributed by atoms with van der Waals surface area (Å²) >= 11 is 75.0. The Bertz CT molecular complexity index is 1470. The Morgan fingerprint density at radius 1 is 0.106 bits per heavy atom. The molecule has 0 spiro atoms. The maximum Gasteiger partial charge on any atom is 0.500 e. The molecule has 680 valence electrons. The molecule has 0 aliphatic carbocycles. The highest BCUT2D eigenvalue weighted by atomic mass is 35.5. The molecule has 0 aromatic heterocycles. The lowest BCUT2D eigenvalue weighted by molar-refractivity contribution is 0.0545. The van der Waals surface area contributed by atoms with Crippen molar-refractivity contribution < 1.29 is 53.1 Å². The molecule has 0 atom stereocenters. The Morgan fingerprint density at radius 3 is 0.301 bits per heavy atom. The quantitative estimate of drug-likeness (QED) is 0.0328. The van der Waals surface area contributed by atoms with Gasteiger partial charge in [-0.3, -0.25) is 0 Å². The number of hydrogen-bond acceptors (Lipinski definition) is 12. The lowest BCUT2D eigenvalue weighted by atomic mass is 10.2. The monoisotopic (exact) mass is 1930 g/mol. The summed E-state index contributed by atoms with van der Waals surface area (Å²) in [4.78, 5) is 0. The van der Waals surface area contributed by atoms with E-state index in [1.54, 1.807) is 0 Å². The van der Waals surface area contributed by atoms with Gasteiger partial charge in [-0.1, -0.05) is 204 Å². The maximum atomic E-state index is 7.32. The van der Waals surface area contributed by atoms with Crippen LogP contribution in [-0.2, 0) is 53.1 Å². The second-order valence-corrected chi connectivity index (χ2v) is 51.5. The average molecular weight is 1940 g/mol. The van der Waals surface area contributed by atoms with E-state index in [1.807, 2.05) is 0 Å². The number of unbranched alkanes of at least 4 members (excludes halogenated alkanes) is 36. The van der Waals surface area contributed by atoms with Crippen LogP contribution in [0.5, 0.6) is 0 Å². The lowest BCUT2D eigenvalue weighted by Crippen LogP contribution is -2.49. The Labute approximate surface area is 760 Å². The van der Waals surface area contributed by atoms with E-state index in [2.05, 4.69) is 0 Å². The second-order valence-electron chi connectivity index (χ2n) is 31.1. The normalized spacial score (nSPS) is 12.6. The van der Waals surface area contributed by atoms with Crippen LogP contribution in [0, 0.1) is 0 Å². The van der Waals surface area contributed by atoms with Crippen LogP contribution in [0.25, 0.3) is 0 Å². The van der Waals surface area contributed by atoms with Crippen molar-refractivity contribution in [3.05, 3.63) is 0 Å². The molecule has 0 fully saturated rings. The Morgan fingerprint density at radius 2 is 0.204 bits per heavy atom. The third kappa shape index (κ3) is 72.8. The number of halogens is 12. The van der Waals surface area contributed by atoms with Crippen molar-refractivity contribution in [2.24, 2.45) is 0 Å². The van der Waals surface area contributed by atoms with E-state index in [1.165, 1.54) is 0 Å². The molecule has 0 N–H and O–H groups in total. The molecule has 0 aromatic rings. The minimum Gasteiger partial charge on any atom is -0.373 e. The molecule has 0 saturated carbocycles. The van der Waals surface area contributed by atoms with E-state index in [0.717, 1.165) is 382 Å². The number of rotatable bonds is 100. The smallest absolute Gasteiger partial charge is 0.373 e. The topological polar surface area (TPSA) is 111 Å². The van der Waals surface area contributed by atoms with Gasteiger partial charge in [0, 0.05) is 174 Å². The van der Waals surface area contributed by atoms with E-state index in [9.17, 15) is 0 Å². The van der Waals surface area contributed by atoms with Gasteiger partial charge in [0.25, 0.3) is 0 Å². The molecule has 29 heteroatoms. The molecule has 0 aromatic carbocycles. The van der Waals surface area contributed by atoms with Gasteiger partial charge in [-0.2, -0.15) is 0 Å². The molecule has 0 unspecified atom stereocenters. The van der Waals surface area contributed by atoms with Crippen LogP contribution in [0.4, 0.5) is 0 Å². The fraction of sp³-hybridized carbons (Fsp3) is 1.00. The highest BCUT2D eigenvalue weighted by Crippen LogP contribution is 2.40. The Kier molecular flexibility index (Phi) is 94.1. The van der Waals surface area contributed by atoms with Gasteiger partial charge in [-0.05, 0) is 154 Å². The first-order valence-corrected chi connectivity index (χ1v) is 62.9. The van der Waals surface area contributed by atoms with Crippen LogP contribution in [0.2, 0.25) is 48.4 Å². The van der Waals surface area contributed by atoms with E-state index in [4.69, 9.17) is 192 Å². The SMILES string of the molecule is ClCCCCCCO[Si](CCC[Si](CCC[Si](OCCCCCCCl)(OCCCCCCCl)OCCCCCCCl)(CCC[Si](OCCCCCCCl)(OCCCCCCCl)OCCCCCCCl)CCC[Si](OCCCCCCCl)(OCCCCCCCl)OCCCCCCCl)(OCCCCCCCl)OCCCCCCCl. The van der Waals surface area contributed by atoms with Crippen LogP contribution >= 0.6 is 139 Å². The van der Waals surface area contributed by atoms with Crippen LogP contribution < -0.4 is 0 Å². The summed E-state index contributed by atoms with van der Waals surface area (Å²) in [5, 5.41) is 0. The first-order chi connectivity index (χ1) is 55.6. The van der Waals surface area contributed by atoms with Crippen LogP contribution in [0.1, 0.15) is 334 Å². The molecule has 0 aliphatic heterocycles. The Hall–Kier alpha value is 4.08. The highest BCUT2D eigenvalue weighted by Gasteiger charge is 2.48. The van der Waals surface area contributed by atoms with Gasteiger partial charge in [0.15, 0.2) is 0 Å². The summed E-state index contributed by atoms with van der Waals surface area (Å²) in [7, 11) is -15.8. The molecule has 0 bridgehead atoms. The van der Waals surface area contributed by atoms with Gasteiger partial charge >= 0.3 is 35.2 Å². The lowest BCUT2D eigenvalue weighted by Gasteiger charge is -2.38. The molecule has 0 saturated heterocycles. The minimum atomic E-state index is -3.31. The largest absolute Gasteiger partial charge is 0.500 e. The molecule has 0 radical (unpaired) electrons. The summed E-state index contributed by atoms with van der Waals surface area (Å²) < 4.78 is 87.8. The summed E-state index contributed by atoms with van der Waals surface area (Å²) in [5.74, 6) is 7.93. The summed E-state index contributed by atoms with van der Waals surface area (Å²) in [6.45, 7) is 7.07. The zero-order valence-electron chi connectivity index (χ0n) is 71.3. The third-order valence-corrected chi connectivity index (χ3v) is 41.4. The van der Waals surface area contributed by atoms with Crippen LogP contribution in [0.15, 0.2) is 0 Å². The molecular formula is C84H168Cl12O12Si5. The van der Waals surface area contributed by atoms with E-state index >= 15 is 0 Å². The zero-order chi connectivity index (χ0) is 82.4. The fourth-order valence-electron chi connectivity index (χ4n) is 14.2. The van der Waals surface area contributed by atoms with Crippen molar-refractivity contribution in [1.29, 1.82) is 0 Å². The molecule has 113 heavy (non-hydrogen) atoms. The van der Waals surface area contributed by atoms with Crippen molar-refractivity contribution in [2.75, 3.05) is 150 Å². The van der Waals surface area contributed by atoms with Crippen molar-refractivity contribution in [3.63, 3.8) is 0 Å². The van der Waals surface area contributed by atoms with Gasteiger partial charge in [0.05, 0.1) is 8.07 Å². The summed E-state index contributed by atoms with van der Waals surface area (Å²) in [6.07, 6.45) is 51.8. The molecule has 0 heterocycles. The van der Waals surface area contributed by atoms with Gasteiger partial charge < -0.3 is 53.1 Å². The first-order valence-electron chi connectivity index (χ1n) is 45.9. The molecule has 12 nitrogen and oxygen atoms in total. The molecule has 0 amide bonds. The predicted octanol–water partition coefficient (Wildman–Crippen LogP) is 30.5. The van der Waals surface area contributed by atoms with E-state index in [0.29, 0.717) is 150 Å². The van der Waals surface area contributed by atoms with Crippen molar-refractivity contribution in [2.45, 2.75) is 382 Å². The van der Waals surface area contributed by atoms with Crippen LogP contribution in [-0.4, -0.2) is 193 Å². The van der Waals surface area contributed by atoms with Crippen molar-refractivity contribution in [3.8, 4) is 0 Å². The van der Waals surface area contributed by atoms with E-state index < -0.39 is 43.3 Å². The maximum absolute atomic E-state index is 7.32. The van der Waals surface area contributed by atoms with E-state index in [-0.39, 0.29) is 0 Å². The van der Waals surface area contributed by atoms with Gasteiger partial charge in [0.1, 0.15) is 0 Å². The first kappa shape index (κ1) is 117. The van der Waals surface area contributed by atoms with Crippen LogP contribution in [0.3, 0.4) is 0 Å². The second kappa shape index (κ2) is 90.9. The van der Waals surface area contributed by atoms with Gasteiger partial charge in [0.2, 0.25) is 0 Å². The highest BCUT2D eigenvalue weighted by molar-refractivity contribution is 6.80.